The summed E-state index contributed by atoms with van der Waals surface area (Å²) in [4.78, 5) is 9.04. The van der Waals surface area contributed by atoms with Gasteiger partial charge in [-0.2, -0.15) is 0 Å². The van der Waals surface area contributed by atoms with E-state index in [2.05, 4.69) is 10.7 Å². The van der Waals surface area contributed by atoms with Crippen molar-refractivity contribution >= 4 is 0 Å². The monoisotopic (exact) mass is 113 g/mol. The van der Waals surface area contributed by atoms with Crippen LogP contribution in [0.15, 0.2) is 5.29 Å². The molecule has 0 radical (unpaired) electrons. The van der Waals surface area contributed by atoms with Crippen LogP contribution in [0.25, 0.3) is 0 Å². The van der Waals surface area contributed by atoms with Gasteiger partial charge in [0.1, 0.15) is 0 Å². The third-order valence-electron chi connectivity index (χ3n) is 0.223. The Balaban J connectivity index is 0. The van der Waals surface area contributed by atoms with Crippen molar-refractivity contribution in [3.63, 3.8) is 0 Å². The van der Waals surface area contributed by atoms with Gasteiger partial charge in [-0.05, 0) is 6.92 Å². The van der Waals surface area contributed by atoms with Crippen LogP contribution < -0.4 is 56.8 Å². The summed E-state index contributed by atoms with van der Waals surface area (Å²) in [6.45, 7) is 2.42. The first-order chi connectivity index (χ1) is 2.41. The van der Waals surface area contributed by atoms with Crippen LogP contribution in [-0.2, 0) is 0 Å². The van der Waals surface area contributed by atoms with Crippen LogP contribution in [-0.4, -0.2) is 6.54 Å². The second-order valence-corrected chi connectivity index (χ2v) is 0.603. The molecule has 0 aliphatic heterocycles. The largest absolute Gasteiger partial charge is 1.00 e. The fourth-order valence-electron chi connectivity index (χ4n) is 0.0645. The van der Waals surface area contributed by atoms with Crippen molar-refractivity contribution in [1.29, 1.82) is 0 Å². The third-order valence-corrected chi connectivity index (χ3v) is 0.223. The Morgan fingerprint density at radius 1 is 1.83 bits per heavy atom. The molecule has 1 N–H and O–H groups in total. The topological polar surface area (TPSA) is 41.5 Å². The van der Waals surface area contributed by atoms with Crippen molar-refractivity contribution in [1.82, 2.24) is 5.43 Å². The van der Waals surface area contributed by atoms with Gasteiger partial charge in [-0.15, -0.1) is 4.91 Å². The molecule has 0 heterocycles. The van der Waals surface area contributed by atoms with Crippen molar-refractivity contribution in [3.05, 3.63) is 4.91 Å². The summed E-state index contributed by atoms with van der Waals surface area (Å²) in [6, 6.07) is 0. The minimum atomic E-state index is 0. The molecule has 4 heteroatoms. The summed E-state index contributed by atoms with van der Waals surface area (Å²) in [5.41, 5.74) is 2.18. The molecule has 0 aromatic carbocycles. The fourth-order valence-corrected chi connectivity index (χ4v) is 0.0645. The van der Waals surface area contributed by atoms with Crippen LogP contribution in [0.5, 0.6) is 0 Å². The molecule has 0 spiro atoms. The first-order valence-electron chi connectivity index (χ1n) is 1.47. The molecule has 0 aromatic heterocycles. The molecular weight excluding hydrogens is 107 g/mol. The van der Waals surface area contributed by atoms with Gasteiger partial charge in [0.05, 0.1) is 0 Å². The molecule has 3 nitrogen and oxygen atoms in total. The van der Waals surface area contributed by atoms with E-state index in [1.165, 1.54) is 0 Å². The van der Waals surface area contributed by atoms with E-state index in [1.807, 2.05) is 0 Å². The molecule has 0 rings (SSSR count). The molecule has 0 atom stereocenters. The van der Waals surface area contributed by atoms with Crippen molar-refractivity contribution in [3.8, 4) is 0 Å². The molecular formula is C2H6KN2O+. The molecule has 0 bridgehead atoms. The maximum atomic E-state index is 9.04. The summed E-state index contributed by atoms with van der Waals surface area (Å²) in [7, 11) is 0. The van der Waals surface area contributed by atoms with Crippen molar-refractivity contribution < 1.29 is 51.4 Å². The molecule has 30 valence electrons. The number of nitroso groups, excluding NO2 is 1. The van der Waals surface area contributed by atoms with Crippen molar-refractivity contribution in [2.45, 2.75) is 6.92 Å². The molecule has 0 saturated heterocycles. The van der Waals surface area contributed by atoms with E-state index in [9.17, 15) is 0 Å². The first-order valence-corrected chi connectivity index (χ1v) is 1.47. The molecule has 0 aliphatic rings. The van der Waals surface area contributed by atoms with Crippen LogP contribution in [0.4, 0.5) is 0 Å². The van der Waals surface area contributed by atoms with Gasteiger partial charge < -0.3 is 0 Å². The predicted octanol–water partition coefficient (Wildman–Crippen LogP) is -2.72. The second-order valence-electron chi connectivity index (χ2n) is 0.603. The van der Waals surface area contributed by atoms with Crippen LogP contribution in [0, 0.1) is 4.91 Å². The van der Waals surface area contributed by atoms with Gasteiger partial charge in [0.25, 0.3) is 0 Å². The molecule has 0 aromatic rings. The maximum absolute atomic E-state index is 9.04. The Morgan fingerprint density at radius 3 is 2.33 bits per heavy atom. The summed E-state index contributed by atoms with van der Waals surface area (Å²) in [5.74, 6) is 0. The van der Waals surface area contributed by atoms with E-state index >= 15 is 0 Å². The summed E-state index contributed by atoms with van der Waals surface area (Å²) in [6.07, 6.45) is 0. The number of nitrogens with zero attached hydrogens (tertiary/aromatic N) is 1. The number of rotatable bonds is 2. The Morgan fingerprint density at radius 2 is 2.33 bits per heavy atom. The van der Waals surface area contributed by atoms with Crippen LogP contribution in [0.1, 0.15) is 6.92 Å². The zero-order chi connectivity index (χ0) is 4.12. The van der Waals surface area contributed by atoms with E-state index in [1.54, 1.807) is 6.92 Å². The van der Waals surface area contributed by atoms with Gasteiger partial charge in [0, 0.05) is 11.8 Å². The Bertz CT molecular complexity index is 32.7. The van der Waals surface area contributed by atoms with Gasteiger partial charge in [0.2, 0.25) is 0 Å². The summed E-state index contributed by atoms with van der Waals surface area (Å²) < 4.78 is 0. The number of hydrogen-bond acceptors (Lipinski definition) is 2. The Hall–Kier alpha value is 1.04. The zero-order valence-corrected chi connectivity index (χ0v) is 7.19. The van der Waals surface area contributed by atoms with E-state index in [0.29, 0.717) is 6.54 Å². The fraction of sp³-hybridized carbons (Fsp3) is 1.00. The van der Waals surface area contributed by atoms with Crippen molar-refractivity contribution in [2.24, 2.45) is 5.29 Å². The quantitative estimate of drug-likeness (QED) is 0.240. The Kier molecular flexibility index (Phi) is 15.8. The van der Waals surface area contributed by atoms with Gasteiger partial charge in [-0.1, -0.05) is 0 Å². The van der Waals surface area contributed by atoms with Crippen molar-refractivity contribution in [2.75, 3.05) is 6.54 Å². The summed E-state index contributed by atoms with van der Waals surface area (Å²) in [5, 5.41) is 2.35. The van der Waals surface area contributed by atoms with E-state index in [4.69, 9.17) is 4.91 Å². The third kappa shape index (κ3) is 8.90. The maximum Gasteiger partial charge on any atom is 1.00 e. The molecule has 0 amide bonds. The van der Waals surface area contributed by atoms with Gasteiger partial charge in [-0.3, -0.25) is 5.43 Å². The SMILES string of the molecule is CCNN=O.[K+]. The van der Waals surface area contributed by atoms with Crippen LogP contribution in [0.2, 0.25) is 0 Å². The van der Waals surface area contributed by atoms with Gasteiger partial charge in [0.15, 0.2) is 0 Å². The smallest absolute Gasteiger partial charge is 0.274 e. The normalized spacial score (nSPS) is 5.50. The standard InChI is InChI=1S/C2H6N2O.K/c1-2-3-4-5;/h2H2,1H3,(H,3,5);/q;+1. The first kappa shape index (κ1) is 10.1. The molecule has 0 saturated carbocycles. The molecule has 6 heavy (non-hydrogen) atoms. The van der Waals surface area contributed by atoms with Gasteiger partial charge in [-0.25, -0.2) is 0 Å². The van der Waals surface area contributed by atoms with E-state index in [-0.39, 0.29) is 51.4 Å². The molecule has 0 fully saturated rings. The molecule has 0 aliphatic carbocycles. The van der Waals surface area contributed by atoms with Gasteiger partial charge >= 0.3 is 51.4 Å². The molecule has 0 unspecified atom stereocenters. The Labute approximate surface area is 79.2 Å². The minimum Gasteiger partial charge on any atom is -0.274 e. The second kappa shape index (κ2) is 9.40. The van der Waals surface area contributed by atoms with E-state index < -0.39 is 0 Å². The summed E-state index contributed by atoms with van der Waals surface area (Å²) >= 11 is 0. The van der Waals surface area contributed by atoms with Crippen LogP contribution in [0.3, 0.4) is 0 Å². The van der Waals surface area contributed by atoms with E-state index in [0.717, 1.165) is 0 Å². The number of hydrogen-bond donors (Lipinski definition) is 1. The van der Waals surface area contributed by atoms with Crippen LogP contribution >= 0.6 is 0 Å². The number of nitrogens with one attached hydrogen (secondary N) is 1. The average molecular weight is 113 g/mol. The average Bonchev–Trinajstić information content (AvgIpc) is 1.41. The predicted molar refractivity (Wildman–Crippen MR) is 19.5 cm³/mol. The zero-order valence-electron chi connectivity index (χ0n) is 4.06. The minimum absolute atomic E-state index is 0.